The molecule has 0 bridgehead atoms. The molecule has 7 nitrogen and oxygen atoms in total. The fourth-order valence-corrected chi connectivity index (χ4v) is 2.56. The first-order valence-electron chi connectivity index (χ1n) is 7.81. The molecule has 0 saturated carbocycles. The van der Waals surface area contributed by atoms with Crippen molar-refractivity contribution in [2.24, 2.45) is 0 Å². The van der Waals surface area contributed by atoms with Gasteiger partial charge in [-0.3, -0.25) is 4.79 Å². The Kier molecular flexibility index (Phi) is 5.70. The standard InChI is InChI=1S/C17H15Cl2N5O2/c1-2-10-3-6-15(26-9-16-21-23-24-22-16)12(7-10)17(25)20-11-4-5-13(18)14(19)8-11/h3-8H,2,9H2,1H3,(H,20,25)(H,21,22,23,24). The number of carbonyl (C=O) groups is 1. The maximum atomic E-state index is 12.7. The summed E-state index contributed by atoms with van der Waals surface area (Å²) in [4.78, 5) is 12.7. The number of rotatable bonds is 6. The third-order valence-corrected chi connectivity index (χ3v) is 4.36. The number of H-pyrrole nitrogens is 1. The highest BCUT2D eigenvalue weighted by Gasteiger charge is 2.15. The number of aromatic amines is 1. The number of hydrogen-bond acceptors (Lipinski definition) is 5. The Morgan fingerprint density at radius 3 is 2.73 bits per heavy atom. The summed E-state index contributed by atoms with van der Waals surface area (Å²) in [7, 11) is 0. The van der Waals surface area contributed by atoms with Gasteiger partial charge in [-0.2, -0.15) is 5.21 Å². The van der Waals surface area contributed by atoms with Crippen LogP contribution < -0.4 is 10.1 Å². The van der Waals surface area contributed by atoms with E-state index in [1.165, 1.54) is 0 Å². The molecule has 0 atom stereocenters. The first-order chi connectivity index (χ1) is 12.6. The van der Waals surface area contributed by atoms with Crippen LogP contribution in [-0.4, -0.2) is 26.5 Å². The van der Waals surface area contributed by atoms with E-state index in [1.54, 1.807) is 30.3 Å². The van der Waals surface area contributed by atoms with Crippen LogP contribution >= 0.6 is 23.2 Å². The molecule has 0 radical (unpaired) electrons. The van der Waals surface area contributed by atoms with E-state index in [0.29, 0.717) is 32.9 Å². The van der Waals surface area contributed by atoms with E-state index in [1.807, 2.05) is 13.0 Å². The molecule has 3 aromatic rings. The second kappa shape index (κ2) is 8.16. The molecule has 2 aromatic carbocycles. The van der Waals surface area contributed by atoms with Crippen LogP contribution in [0.2, 0.25) is 10.0 Å². The van der Waals surface area contributed by atoms with E-state index in [9.17, 15) is 4.79 Å². The van der Waals surface area contributed by atoms with Gasteiger partial charge in [-0.25, -0.2) is 0 Å². The number of aryl methyl sites for hydroxylation is 1. The molecular weight excluding hydrogens is 377 g/mol. The summed E-state index contributed by atoms with van der Waals surface area (Å²) in [5.41, 5.74) is 1.95. The van der Waals surface area contributed by atoms with Gasteiger partial charge in [-0.05, 0) is 42.3 Å². The van der Waals surface area contributed by atoms with Gasteiger partial charge in [0.2, 0.25) is 5.82 Å². The summed E-state index contributed by atoms with van der Waals surface area (Å²) in [6, 6.07) is 10.3. The van der Waals surface area contributed by atoms with Gasteiger partial charge >= 0.3 is 0 Å². The number of nitrogens with one attached hydrogen (secondary N) is 2. The molecule has 9 heteroatoms. The van der Waals surface area contributed by atoms with Crippen molar-refractivity contribution in [2.45, 2.75) is 20.0 Å². The smallest absolute Gasteiger partial charge is 0.259 e. The number of tetrazole rings is 1. The molecule has 0 fully saturated rings. The molecule has 0 unspecified atom stereocenters. The van der Waals surface area contributed by atoms with Gasteiger partial charge in [0, 0.05) is 5.69 Å². The van der Waals surface area contributed by atoms with Crippen molar-refractivity contribution in [1.29, 1.82) is 0 Å². The Hall–Kier alpha value is -2.64. The zero-order valence-corrected chi connectivity index (χ0v) is 15.3. The van der Waals surface area contributed by atoms with Gasteiger partial charge < -0.3 is 10.1 Å². The van der Waals surface area contributed by atoms with Crippen molar-refractivity contribution in [2.75, 3.05) is 5.32 Å². The Morgan fingerprint density at radius 2 is 2.04 bits per heavy atom. The van der Waals surface area contributed by atoms with E-state index in [0.717, 1.165) is 12.0 Å². The molecule has 0 aliphatic heterocycles. The SMILES string of the molecule is CCc1ccc(OCc2nn[nH]n2)c(C(=O)Nc2ccc(Cl)c(Cl)c2)c1. The number of anilines is 1. The quantitative estimate of drug-likeness (QED) is 0.664. The highest BCUT2D eigenvalue weighted by Crippen LogP contribution is 2.27. The van der Waals surface area contributed by atoms with E-state index < -0.39 is 0 Å². The predicted molar refractivity (Wildman–Crippen MR) is 98.7 cm³/mol. The van der Waals surface area contributed by atoms with Crippen LogP contribution in [0.25, 0.3) is 0 Å². The molecule has 1 aromatic heterocycles. The van der Waals surface area contributed by atoms with Crippen molar-refractivity contribution >= 4 is 34.8 Å². The lowest BCUT2D eigenvalue weighted by Crippen LogP contribution is -2.14. The molecule has 0 aliphatic carbocycles. The maximum Gasteiger partial charge on any atom is 0.259 e. The zero-order valence-electron chi connectivity index (χ0n) is 13.8. The molecule has 1 heterocycles. The summed E-state index contributed by atoms with van der Waals surface area (Å²) in [5, 5.41) is 17.1. The van der Waals surface area contributed by atoms with Crippen LogP contribution in [0.5, 0.6) is 5.75 Å². The minimum Gasteiger partial charge on any atom is -0.485 e. The molecule has 3 rings (SSSR count). The van der Waals surface area contributed by atoms with E-state index in [-0.39, 0.29) is 12.5 Å². The van der Waals surface area contributed by atoms with Gasteiger partial charge in [0.15, 0.2) is 6.61 Å². The summed E-state index contributed by atoms with van der Waals surface area (Å²) in [5.74, 6) is 0.492. The first kappa shape index (κ1) is 18.2. The molecule has 134 valence electrons. The van der Waals surface area contributed by atoms with Gasteiger partial charge in [-0.15, -0.1) is 10.2 Å². The summed E-state index contributed by atoms with van der Waals surface area (Å²) < 4.78 is 5.69. The third-order valence-electron chi connectivity index (χ3n) is 3.62. The Morgan fingerprint density at radius 1 is 1.19 bits per heavy atom. The van der Waals surface area contributed by atoms with Crippen molar-refractivity contribution in [3.63, 3.8) is 0 Å². The fourth-order valence-electron chi connectivity index (χ4n) is 2.26. The fraction of sp³-hybridized carbons (Fsp3) is 0.176. The molecule has 1 amide bonds. The lowest BCUT2D eigenvalue weighted by Gasteiger charge is -2.12. The van der Waals surface area contributed by atoms with Gasteiger partial charge in [0.05, 0.1) is 15.6 Å². The number of amides is 1. The number of aromatic nitrogens is 4. The second-order valence-electron chi connectivity index (χ2n) is 5.38. The van der Waals surface area contributed by atoms with Crippen LogP contribution in [-0.2, 0) is 13.0 Å². The van der Waals surface area contributed by atoms with Crippen molar-refractivity contribution < 1.29 is 9.53 Å². The second-order valence-corrected chi connectivity index (χ2v) is 6.20. The van der Waals surface area contributed by atoms with Crippen LogP contribution in [0.3, 0.4) is 0 Å². The summed E-state index contributed by atoms with van der Waals surface area (Å²) in [6.45, 7) is 2.10. The maximum absolute atomic E-state index is 12.7. The zero-order chi connectivity index (χ0) is 18.5. The average molecular weight is 392 g/mol. The minimum atomic E-state index is -0.318. The Labute approximate surface area is 159 Å². The number of nitrogens with zero attached hydrogens (tertiary/aromatic N) is 3. The minimum absolute atomic E-state index is 0.0923. The van der Waals surface area contributed by atoms with E-state index >= 15 is 0 Å². The number of hydrogen-bond donors (Lipinski definition) is 2. The normalized spacial score (nSPS) is 10.6. The van der Waals surface area contributed by atoms with E-state index in [4.69, 9.17) is 27.9 Å². The first-order valence-corrected chi connectivity index (χ1v) is 8.57. The molecule has 2 N–H and O–H groups in total. The van der Waals surface area contributed by atoms with Crippen molar-refractivity contribution in [3.8, 4) is 5.75 Å². The van der Waals surface area contributed by atoms with Gasteiger partial charge in [0.25, 0.3) is 5.91 Å². The molecule has 26 heavy (non-hydrogen) atoms. The molecule has 0 saturated heterocycles. The van der Waals surface area contributed by atoms with Crippen LogP contribution in [0.15, 0.2) is 36.4 Å². The largest absolute Gasteiger partial charge is 0.485 e. The summed E-state index contributed by atoms with van der Waals surface area (Å²) >= 11 is 11.9. The highest BCUT2D eigenvalue weighted by atomic mass is 35.5. The molecule has 0 aliphatic rings. The third kappa shape index (κ3) is 4.30. The highest BCUT2D eigenvalue weighted by molar-refractivity contribution is 6.42. The van der Waals surface area contributed by atoms with Crippen LogP contribution in [0.1, 0.15) is 28.7 Å². The molecule has 0 spiro atoms. The Balaban J connectivity index is 1.83. The summed E-state index contributed by atoms with van der Waals surface area (Å²) in [6.07, 6.45) is 0.790. The molecular formula is C17H15Cl2N5O2. The van der Waals surface area contributed by atoms with E-state index in [2.05, 4.69) is 25.9 Å². The number of benzene rings is 2. The monoisotopic (exact) mass is 391 g/mol. The Bertz CT molecular complexity index is 916. The topological polar surface area (TPSA) is 92.8 Å². The van der Waals surface area contributed by atoms with Gasteiger partial charge in [0.1, 0.15) is 5.75 Å². The number of carbonyl (C=O) groups excluding carboxylic acids is 1. The lowest BCUT2D eigenvalue weighted by molar-refractivity contribution is 0.102. The van der Waals surface area contributed by atoms with Crippen LogP contribution in [0, 0.1) is 0 Å². The average Bonchev–Trinajstić information content (AvgIpc) is 3.16. The van der Waals surface area contributed by atoms with Crippen molar-refractivity contribution in [3.05, 3.63) is 63.4 Å². The number of halogens is 2. The predicted octanol–water partition coefficient (Wildman–Crippen LogP) is 3.90. The lowest BCUT2D eigenvalue weighted by atomic mass is 10.1. The van der Waals surface area contributed by atoms with Crippen molar-refractivity contribution in [1.82, 2.24) is 20.6 Å². The van der Waals surface area contributed by atoms with Gasteiger partial charge in [-0.1, -0.05) is 41.4 Å². The van der Waals surface area contributed by atoms with Crippen LogP contribution in [0.4, 0.5) is 5.69 Å². The number of ether oxygens (including phenoxy) is 1.